The van der Waals surface area contributed by atoms with Crippen molar-refractivity contribution in [2.45, 2.75) is 26.3 Å². The number of para-hydroxylation sites is 1. The Morgan fingerprint density at radius 1 is 0.971 bits per heavy atom. The molecule has 34 heavy (non-hydrogen) atoms. The molecule has 172 valence electrons. The fourth-order valence-corrected chi connectivity index (χ4v) is 4.26. The van der Waals surface area contributed by atoms with Gasteiger partial charge in [0.15, 0.2) is 16.9 Å². The molecule has 2 aromatic heterocycles. The molecule has 0 spiro atoms. The first-order valence-electron chi connectivity index (χ1n) is 11.3. The number of amides is 1. The van der Waals surface area contributed by atoms with Crippen molar-refractivity contribution in [3.8, 4) is 11.5 Å². The van der Waals surface area contributed by atoms with Crippen LogP contribution in [0.25, 0.3) is 11.0 Å². The van der Waals surface area contributed by atoms with Gasteiger partial charge in [-0.25, -0.2) is 4.98 Å². The summed E-state index contributed by atoms with van der Waals surface area (Å²) in [4.78, 5) is 33.1. The lowest BCUT2D eigenvalue weighted by atomic mass is 9.98. The van der Waals surface area contributed by atoms with E-state index in [0.717, 1.165) is 6.42 Å². The molecule has 7 heteroatoms. The zero-order valence-corrected chi connectivity index (χ0v) is 19.0. The first-order valence-corrected chi connectivity index (χ1v) is 11.3. The Kier molecular flexibility index (Phi) is 5.76. The third-order valence-corrected chi connectivity index (χ3v) is 5.72. The molecule has 1 unspecified atom stereocenters. The Morgan fingerprint density at radius 2 is 1.79 bits per heavy atom. The van der Waals surface area contributed by atoms with Crippen LogP contribution in [0.1, 0.15) is 48.0 Å². The fraction of sp³-hybridized carbons (Fsp3) is 0.222. The molecule has 0 saturated heterocycles. The van der Waals surface area contributed by atoms with Crippen LogP contribution >= 0.6 is 0 Å². The maximum Gasteiger partial charge on any atom is 0.296 e. The highest BCUT2D eigenvalue weighted by atomic mass is 16.5. The van der Waals surface area contributed by atoms with E-state index >= 15 is 0 Å². The predicted octanol–water partition coefficient (Wildman–Crippen LogP) is 5.13. The molecule has 4 aromatic rings. The third-order valence-electron chi connectivity index (χ3n) is 5.72. The van der Waals surface area contributed by atoms with Crippen molar-refractivity contribution < 1.29 is 18.7 Å². The van der Waals surface area contributed by atoms with Crippen molar-refractivity contribution in [1.82, 2.24) is 4.98 Å². The topological polar surface area (TPSA) is 81.9 Å². The Balaban J connectivity index is 1.74. The van der Waals surface area contributed by atoms with Gasteiger partial charge in [0.05, 0.1) is 30.2 Å². The largest absolute Gasteiger partial charge is 0.490 e. The highest BCUT2D eigenvalue weighted by molar-refractivity contribution is 6.10. The number of nitrogens with zero attached hydrogens (tertiary/aromatic N) is 2. The Hall–Kier alpha value is -4.13. The number of hydrogen-bond acceptors (Lipinski definition) is 6. The molecular formula is C27H24N2O5. The van der Waals surface area contributed by atoms with E-state index in [4.69, 9.17) is 13.9 Å². The van der Waals surface area contributed by atoms with Crippen molar-refractivity contribution in [3.63, 3.8) is 0 Å². The lowest BCUT2D eigenvalue weighted by molar-refractivity contribution is 0.0970. The van der Waals surface area contributed by atoms with Gasteiger partial charge in [0.2, 0.25) is 5.76 Å². The Morgan fingerprint density at radius 3 is 2.56 bits per heavy atom. The quantitative estimate of drug-likeness (QED) is 0.384. The minimum Gasteiger partial charge on any atom is -0.490 e. The average Bonchev–Trinajstić information content (AvgIpc) is 3.16. The smallest absolute Gasteiger partial charge is 0.296 e. The molecule has 2 aromatic carbocycles. The number of ether oxygens (including phenoxy) is 2. The monoisotopic (exact) mass is 456 g/mol. The van der Waals surface area contributed by atoms with E-state index in [1.807, 2.05) is 32.0 Å². The van der Waals surface area contributed by atoms with Crippen LogP contribution in [-0.4, -0.2) is 24.1 Å². The van der Waals surface area contributed by atoms with E-state index in [2.05, 4.69) is 4.98 Å². The Bertz CT molecular complexity index is 1410. The lowest BCUT2D eigenvalue weighted by Crippen LogP contribution is -2.30. The summed E-state index contributed by atoms with van der Waals surface area (Å²) in [5.41, 5.74) is 1.13. The van der Waals surface area contributed by atoms with Gasteiger partial charge in [0.1, 0.15) is 11.4 Å². The van der Waals surface area contributed by atoms with Gasteiger partial charge in [-0.2, -0.15) is 0 Å². The maximum absolute atomic E-state index is 13.6. The molecule has 5 rings (SSSR count). The summed E-state index contributed by atoms with van der Waals surface area (Å²) in [6.45, 7) is 4.93. The number of hydrogen-bond donors (Lipinski definition) is 0. The first kappa shape index (κ1) is 21.7. The van der Waals surface area contributed by atoms with Crippen LogP contribution in [0.2, 0.25) is 0 Å². The van der Waals surface area contributed by atoms with Gasteiger partial charge >= 0.3 is 0 Å². The van der Waals surface area contributed by atoms with E-state index in [1.165, 1.54) is 4.90 Å². The summed E-state index contributed by atoms with van der Waals surface area (Å²) in [7, 11) is 0. The molecule has 0 N–H and O–H groups in total. The predicted molar refractivity (Wildman–Crippen MR) is 129 cm³/mol. The molecule has 0 saturated carbocycles. The van der Waals surface area contributed by atoms with E-state index in [9.17, 15) is 9.59 Å². The highest BCUT2D eigenvalue weighted by Gasteiger charge is 2.44. The van der Waals surface area contributed by atoms with Crippen LogP contribution < -0.4 is 19.8 Å². The van der Waals surface area contributed by atoms with Crippen molar-refractivity contribution in [3.05, 3.63) is 94.0 Å². The molecule has 0 radical (unpaired) electrons. The van der Waals surface area contributed by atoms with Gasteiger partial charge in [-0.3, -0.25) is 14.5 Å². The number of carbonyl (C=O) groups excluding carboxylic acids is 1. The average molecular weight is 456 g/mol. The second-order valence-corrected chi connectivity index (χ2v) is 7.92. The van der Waals surface area contributed by atoms with Gasteiger partial charge in [-0.05, 0) is 55.3 Å². The highest BCUT2D eigenvalue weighted by Crippen LogP contribution is 2.42. The fourth-order valence-electron chi connectivity index (χ4n) is 4.26. The molecule has 3 heterocycles. The van der Waals surface area contributed by atoms with Crippen LogP contribution in [0.5, 0.6) is 11.5 Å². The van der Waals surface area contributed by atoms with E-state index in [0.29, 0.717) is 52.6 Å². The van der Waals surface area contributed by atoms with Crippen LogP contribution in [0, 0.1) is 0 Å². The number of anilines is 1. The molecule has 7 nitrogen and oxygen atoms in total. The SMILES string of the molecule is CCCOc1ccc(C2c3c(oc4ccccc4c3=O)C(=O)N2c2ccccn2)cc1OCC. The zero-order valence-electron chi connectivity index (χ0n) is 19.0. The third kappa shape index (κ3) is 3.59. The number of carbonyl (C=O) groups is 1. The molecule has 0 bridgehead atoms. The summed E-state index contributed by atoms with van der Waals surface area (Å²) >= 11 is 0. The van der Waals surface area contributed by atoms with Crippen molar-refractivity contribution in [2.24, 2.45) is 0 Å². The Labute approximate surface area is 196 Å². The molecular weight excluding hydrogens is 432 g/mol. The van der Waals surface area contributed by atoms with E-state index in [-0.39, 0.29) is 11.2 Å². The minimum atomic E-state index is -0.724. The summed E-state index contributed by atoms with van der Waals surface area (Å²) in [5.74, 6) is 1.22. The first-order chi connectivity index (χ1) is 16.6. The maximum atomic E-state index is 13.6. The molecule has 1 atom stereocenters. The molecule has 1 aliphatic rings. The van der Waals surface area contributed by atoms with Gasteiger partial charge in [0.25, 0.3) is 5.91 Å². The number of fused-ring (bicyclic) bond motifs is 2. The number of rotatable bonds is 7. The van der Waals surface area contributed by atoms with Gasteiger partial charge < -0.3 is 13.9 Å². The number of benzene rings is 2. The normalized spacial score (nSPS) is 14.9. The van der Waals surface area contributed by atoms with Crippen LogP contribution in [-0.2, 0) is 0 Å². The van der Waals surface area contributed by atoms with Crippen molar-refractivity contribution >= 4 is 22.7 Å². The van der Waals surface area contributed by atoms with E-state index in [1.54, 1.807) is 48.7 Å². The summed E-state index contributed by atoms with van der Waals surface area (Å²) in [6.07, 6.45) is 2.47. The minimum absolute atomic E-state index is 0.0311. The van der Waals surface area contributed by atoms with Crippen LogP contribution in [0.15, 0.2) is 76.1 Å². The van der Waals surface area contributed by atoms with Gasteiger partial charge in [-0.1, -0.05) is 31.2 Å². The summed E-state index contributed by atoms with van der Waals surface area (Å²) < 4.78 is 17.7. The van der Waals surface area contributed by atoms with Crippen molar-refractivity contribution in [2.75, 3.05) is 18.1 Å². The second kappa shape index (κ2) is 9.02. The molecule has 0 fully saturated rings. The lowest BCUT2D eigenvalue weighted by Gasteiger charge is -2.25. The van der Waals surface area contributed by atoms with Crippen LogP contribution in [0.4, 0.5) is 5.82 Å². The van der Waals surface area contributed by atoms with Gasteiger partial charge in [-0.15, -0.1) is 0 Å². The number of aromatic nitrogens is 1. The summed E-state index contributed by atoms with van der Waals surface area (Å²) in [6, 6.07) is 17.0. The second-order valence-electron chi connectivity index (χ2n) is 7.92. The molecule has 1 aliphatic heterocycles. The van der Waals surface area contributed by atoms with Crippen LogP contribution in [0.3, 0.4) is 0 Å². The van der Waals surface area contributed by atoms with Gasteiger partial charge in [0, 0.05) is 6.20 Å². The number of pyridine rings is 1. The zero-order chi connectivity index (χ0) is 23.7. The van der Waals surface area contributed by atoms with E-state index < -0.39 is 11.9 Å². The molecule has 1 amide bonds. The van der Waals surface area contributed by atoms with Crippen molar-refractivity contribution in [1.29, 1.82) is 0 Å². The summed E-state index contributed by atoms with van der Waals surface area (Å²) in [5, 5.41) is 0.426. The standard InChI is InChI=1S/C27H24N2O5/c1-3-15-33-20-13-12-17(16-21(20)32-4-2)24-23-25(30)18-9-5-6-10-19(18)34-26(23)27(31)29(24)22-11-7-8-14-28-22/h5-14,16,24H,3-4,15H2,1-2H3. The molecule has 0 aliphatic carbocycles.